The molecule has 3 aromatic heterocycles. The molecule has 186 valence electrons. The number of benzene rings is 2. The fourth-order valence-corrected chi connectivity index (χ4v) is 4.36. The quantitative estimate of drug-likeness (QED) is 0.185. The summed E-state index contributed by atoms with van der Waals surface area (Å²) in [5, 5.41) is 9.67. The van der Waals surface area contributed by atoms with Crippen LogP contribution in [0.15, 0.2) is 103 Å². The monoisotopic (exact) mass is 673 g/mol. The zero-order chi connectivity index (χ0) is 25.1. The van der Waals surface area contributed by atoms with E-state index in [0.29, 0.717) is 11.4 Å². The number of hydrogen-bond acceptors (Lipinski definition) is 4. The number of nitrogens with zero attached hydrogens (tertiary/aromatic N) is 3. The maximum Gasteiger partial charge on any atom is 0.354 e. The van der Waals surface area contributed by atoms with E-state index < -0.39 is 23.3 Å². The van der Waals surface area contributed by atoms with Crippen molar-refractivity contribution in [2.24, 2.45) is 0 Å². The van der Waals surface area contributed by atoms with Crippen molar-refractivity contribution >= 4 is 5.97 Å². The Balaban J connectivity index is 0.00000320. The SMILES string of the molecule is O=C(O)c1cccc(C(c2ccccc2)(c2ccccc2)c2cccc(-c3[c-]cc(F)nc3F)n2)n1.[Pt]. The third-order valence-corrected chi connectivity index (χ3v) is 5.90. The molecule has 0 radical (unpaired) electrons. The van der Waals surface area contributed by atoms with Crippen molar-refractivity contribution in [2.75, 3.05) is 0 Å². The Bertz CT molecular complexity index is 1510. The van der Waals surface area contributed by atoms with Gasteiger partial charge in [-0.2, -0.15) is 0 Å². The summed E-state index contributed by atoms with van der Waals surface area (Å²) in [5.74, 6) is -3.18. The van der Waals surface area contributed by atoms with Crippen molar-refractivity contribution in [1.29, 1.82) is 0 Å². The molecule has 1 N–H and O–H groups in total. The van der Waals surface area contributed by atoms with Gasteiger partial charge in [-0.05, 0) is 35.0 Å². The number of halogens is 2. The van der Waals surface area contributed by atoms with Crippen LogP contribution in [0.4, 0.5) is 8.78 Å². The largest absolute Gasteiger partial charge is 0.477 e. The molecule has 0 fully saturated rings. The van der Waals surface area contributed by atoms with E-state index in [-0.39, 0.29) is 38.0 Å². The Morgan fingerprint density at radius 2 is 1.30 bits per heavy atom. The van der Waals surface area contributed by atoms with Gasteiger partial charge in [-0.3, -0.25) is 9.97 Å². The molecular weight excluding hydrogens is 655 g/mol. The van der Waals surface area contributed by atoms with Gasteiger partial charge in [0.15, 0.2) is 0 Å². The van der Waals surface area contributed by atoms with E-state index in [1.807, 2.05) is 60.7 Å². The van der Waals surface area contributed by atoms with Crippen molar-refractivity contribution in [2.45, 2.75) is 5.41 Å². The van der Waals surface area contributed by atoms with Crippen molar-refractivity contribution < 1.29 is 39.7 Å². The van der Waals surface area contributed by atoms with E-state index in [2.05, 4.69) is 16.0 Å². The molecular formula is C29H18F2N3O2Pt-. The Morgan fingerprint density at radius 3 is 1.86 bits per heavy atom. The number of carboxylic acids is 1. The van der Waals surface area contributed by atoms with Gasteiger partial charge in [0.1, 0.15) is 23.0 Å². The van der Waals surface area contributed by atoms with E-state index in [0.717, 1.165) is 17.2 Å². The third-order valence-electron chi connectivity index (χ3n) is 5.90. The van der Waals surface area contributed by atoms with Crippen LogP contribution in [0, 0.1) is 18.0 Å². The van der Waals surface area contributed by atoms with Crippen molar-refractivity contribution in [3.05, 3.63) is 149 Å². The molecule has 5 rings (SSSR count). The van der Waals surface area contributed by atoms with Crippen LogP contribution in [0.25, 0.3) is 11.3 Å². The van der Waals surface area contributed by atoms with Crippen molar-refractivity contribution in [3.63, 3.8) is 0 Å². The number of rotatable bonds is 6. The molecule has 0 unspecified atom stereocenters. The van der Waals surface area contributed by atoms with Crippen LogP contribution in [0.2, 0.25) is 0 Å². The average Bonchev–Trinajstić information content (AvgIpc) is 2.91. The second kappa shape index (κ2) is 10.9. The Morgan fingerprint density at radius 1 is 0.730 bits per heavy atom. The van der Waals surface area contributed by atoms with Crippen molar-refractivity contribution in [3.8, 4) is 11.3 Å². The second-order valence-corrected chi connectivity index (χ2v) is 7.99. The third kappa shape index (κ3) is 4.83. The van der Waals surface area contributed by atoms with E-state index >= 15 is 0 Å². The van der Waals surface area contributed by atoms with Crippen LogP contribution in [-0.2, 0) is 26.5 Å². The minimum Gasteiger partial charge on any atom is -0.477 e. The summed E-state index contributed by atoms with van der Waals surface area (Å²) < 4.78 is 28.0. The molecule has 0 atom stereocenters. The molecule has 0 bridgehead atoms. The van der Waals surface area contributed by atoms with E-state index in [4.69, 9.17) is 4.98 Å². The number of aromatic carboxylic acids is 1. The molecule has 37 heavy (non-hydrogen) atoms. The predicted molar refractivity (Wildman–Crippen MR) is 129 cm³/mol. The molecule has 0 saturated heterocycles. The summed E-state index contributed by atoms with van der Waals surface area (Å²) in [6, 6.07) is 32.2. The number of carboxylic acid groups (broad SMARTS) is 1. The first-order valence-corrected chi connectivity index (χ1v) is 11.0. The van der Waals surface area contributed by atoms with Crippen LogP contribution in [0.5, 0.6) is 0 Å². The molecule has 0 amide bonds. The first kappa shape index (κ1) is 26.0. The minimum atomic E-state index is -1.16. The van der Waals surface area contributed by atoms with E-state index in [1.54, 1.807) is 30.3 Å². The summed E-state index contributed by atoms with van der Waals surface area (Å²) >= 11 is 0. The van der Waals surface area contributed by atoms with Crippen molar-refractivity contribution in [1.82, 2.24) is 15.0 Å². The maximum atomic E-state index is 14.6. The molecule has 2 aromatic carbocycles. The maximum absolute atomic E-state index is 14.6. The van der Waals surface area contributed by atoms with Gasteiger partial charge >= 0.3 is 5.97 Å². The smallest absolute Gasteiger partial charge is 0.354 e. The molecule has 5 nitrogen and oxygen atoms in total. The first-order valence-electron chi connectivity index (χ1n) is 11.0. The van der Waals surface area contributed by atoms with Gasteiger partial charge < -0.3 is 5.11 Å². The molecule has 8 heteroatoms. The summed E-state index contributed by atoms with van der Waals surface area (Å²) in [5.41, 5.74) is 1.27. The molecule has 3 heterocycles. The zero-order valence-electron chi connectivity index (χ0n) is 19.1. The number of pyridine rings is 3. The minimum absolute atomic E-state index is 0. The summed E-state index contributed by atoms with van der Waals surface area (Å²) in [4.78, 5) is 24.4. The summed E-state index contributed by atoms with van der Waals surface area (Å²) in [7, 11) is 0. The number of carbonyl (C=O) groups is 1. The van der Waals surface area contributed by atoms with Gasteiger partial charge in [0.25, 0.3) is 0 Å². The normalized spacial score (nSPS) is 11.0. The molecule has 0 saturated carbocycles. The summed E-state index contributed by atoms with van der Waals surface area (Å²) in [6.45, 7) is 0. The molecule has 5 aromatic rings. The van der Waals surface area contributed by atoms with E-state index in [1.165, 1.54) is 6.07 Å². The summed E-state index contributed by atoms with van der Waals surface area (Å²) in [6.07, 6.45) is 0. The fourth-order valence-electron chi connectivity index (χ4n) is 4.36. The Kier molecular flexibility index (Phi) is 7.65. The van der Waals surface area contributed by atoms with Gasteiger partial charge in [0.2, 0.25) is 0 Å². The van der Waals surface area contributed by atoms with E-state index in [9.17, 15) is 18.7 Å². The van der Waals surface area contributed by atoms with Crippen LogP contribution < -0.4 is 0 Å². The fraction of sp³-hybridized carbons (Fsp3) is 0.0345. The standard InChI is InChI=1S/C29H18F2N3O2.Pt/c30-26-18-17-21(27(31)34-26)22-13-7-15-24(32-22)29(19-9-3-1-4-10-19,20-11-5-2-6-12-20)25-16-8-14-23(33-25)28(35)36;/h1-16,18H,(H,35,36);/q-1;. The van der Waals surface area contributed by atoms with Crippen LogP contribution in [0.3, 0.4) is 0 Å². The Labute approximate surface area is 226 Å². The van der Waals surface area contributed by atoms with Gasteiger partial charge in [0, 0.05) is 21.1 Å². The number of hydrogen-bond donors (Lipinski definition) is 1. The van der Waals surface area contributed by atoms with Gasteiger partial charge in [-0.15, -0.1) is 6.07 Å². The van der Waals surface area contributed by atoms with Crippen LogP contribution in [-0.4, -0.2) is 26.0 Å². The zero-order valence-corrected chi connectivity index (χ0v) is 21.4. The topological polar surface area (TPSA) is 76.0 Å². The molecule has 0 spiro atoms. The average molecular weight is 674 g/mol. The van der Waals surface area contributed by atoms with Gasteiger partial charge in [0.05, 0.1) is 11.4 Å². The Hall–Kier alpha value is -4.09. The first-order chi connectivity index (χ1) is 17.5. The van der Waals surface area contributed by atoms with Gasteiger partial charge in [-0.25, -0.2) is 18.6 Å². The van der Waals surface area contributed by atoms with Gasteiger partial charge in [-0.1, -0.05) is 90.5 Å². The van der Waals surface area contributed by atoms with Crippen LogP contribution >= 0.6 is 0 Å². The van der Waals surface area contributed by atoms with Crippen LogP contribution in [0.1, 0.15) is 33.0 Å². The second-order valence-electron chi connectivity index (χ2n) is 7.99. The molecule has 0 aliphatic rings. The molecule has 0 aliphatic heterocycles. The predicted octanol–water partition coefficient (Wildman–Crippen LogP) is 5.70. The number of aromatic nitrogens is 3. The molecule has 0 aliphatic carbocycles.